The molecule has 1 heterocycles. The van der Waals surface area contributed by atoms with Crippen molar-refractivity contribution in [3.8, 4) is 0 Å². The fourth-order valence-corrected chi connectivity index (χ4v) is 2.30. The number of aromatic nitrogens is 2. The van der Waals surface area contributed by atoms with Crippen LogP contribution in [0.5, 0.6) is 0 Å². The molecule has 3 N–H and O–H groups in total. The minimum Gasteiger partial charge on any atom is -0.349 e. The number of benzene rings is 2. The van der Waals surface area contributed by atoms with Gasteiger partial charge < -0.3 is 10.7 Å². The topological polar surface area (TPSA) is 54.7 Å². The fourth-order valence-electron chi connectivity index (χ4n) is 2.30. The second-order valence-electron chi connectivity index (χ2n) is 4.41. The Balaban J connectivity index is 1.98. The summed E-state index contributed by atoms with van der Waals surface area (Å²) >= 11 is 0. The molecule has 0 amide bonds. The zero-order valence-corrected chi connectivity index (χ0v) is 10.0. The van der Waals surface area contributed by atoms with Gasteiger partial charge in [0, 0.05) is 24.9 Å². The van der Waals surface area contributed by atoms with Gasteiger partial charge in [0.1, 0.15) is 5.82 Å². The summed E-state index contributed by atoms with van der Waals surface area (Å²) in [6.45, 7) is 0. The quantitative estimate of drug-likeness (QED) is 0.736. The van der Waals surface area contributed by atoms with Crippen LogP contribution in [0.3, 0.4) is 0 Å². The lowest BCUT2D eigenvalue weighted by Crippen LogP contribution is -2.14. The second kappa shape index (κ2) is 4.63. The van der Waals surface area contributed by atoms with Crippen molar-refractivity contribution < 1.29 is 0 Å². The predicted molar refractivity (Wildman–Crippen MR) is 73.2 cm³/mol. The number of nitrogens with two attached hydrogens (primary N) is 1. The van der Waals surface area contributed by atoms with Crippen LogP contribution in [0.25, 0.3) is 10.8 Å². The molecule has 1 atom stereocenters. The van der Waals surface area contributed by atoms with Crippen LogP contribution in [0.1, 0.15) is 17.4 Å². The molecule has 0 radical (unpaired) electrons. The molecule has 18 heavy (non-hydrogen) atoms. The van der Waals surface area contributed by atoms with E-state index in [1.165, 1.54) is 16.3 Å². The van der Waals surface area contributed by atoms with E-state index in [-0.39, 0.29) is 6.04 Å². The van der Waals surface area contributed by atoms with Gasteiger partial charge in [0.15, 0.2) is 0 Å². The number of aromatic amines is 1. The van der Waals surface area contributed by atoms with Gasteiger partial charge in [-0.2, -0.15) is 0 Å². The summed E-state index contributed by atoms with van der Waals surface area (Å²) in [6, 6.07) is 14.5. The third-order valence-electron chi connectivity index (χ3n) is 3.19. The number of nitrogens with zero attached hydrogens (tertiary/aromatic N) is 1. The van der Waals surface area contributed by atoms with Crippen molar-refractivity contribution >= 4 is 10.8 Å². The Bertz CT molecular complexity index is 638. The molecule has 0 saturated carbocycles. The molecule has 2 aromatic carbocycles. The molecule has 0 aliphatic heterocycles. The number of nitrogens with one attached hydrogen (secondary N) is 1. The molecule has 3 rings (SSSR count). The molecule has 0 aliphatic rings. The van der Waals surface area contributed by atoms with Gasteiger partial charge in [-0.05, 0) is 16.3 Å². The average molecular weight is 237 g/mol. The van der Waals surface area contributed by atoms with Crippen LogP contribution in [0, 0.1) is 0 Å². The van der Waals surface area contributed by atoms with Crippen LogP contribution < -0.4 is 5.73 Å². The average Bonchev–Trinajstić information content (AvgIpc) is 2.91. The van der Waals surface area contributed by atoms with E-state index in [0.29, 0.717) is 0 Å². The molecule has 1 unspecified atom stereocenters. The molecule has 0 aliphatic carbocycles. The fraction of sp³-hybridized carbons (Fsp3) is 0.133. The van der Waals surface area contributed by atoms with Crippen LogP contribution in [0.15, 0.2) is 54.9 Å². The normalized spacial score (nSPS) is 12.7. The second-order valence-corrected chi connectivity index (χ2v) is 4.41. The lowest BCUT2D eigenvalue weighted by atomic mass is 9.97. The summed E-state index contributed by atoms with van der Waals surface area (Å²) in [6.07, 6.45) is 4.30. The molecular formula is C15H15N3. The summed E-state index contributed by atoms with van der Waals surface area (Å²) in [5.74, 6) is 0.926. The van der Waals surface area contributed by atoms with E-state index in [1.54, 1.807) is 6.20 Å². The molecule has 90 valence electrons. The first kappa shape index (κ1) is 11.0. The minimum absolute atomic E-state index is 0.0396. The van der Waals surface area contributed by atoms with Gasteiger partial charge >= 0.3 is 0 Å². The smallest absolute Gasteiger partial charge is 0.107 e. The van der Waals surface area contributed by atoms with Crippen molar-refractivity contribution in [3.05, 3.63) is 66.2 Å². The Hall–Kier alpha value is -2.13. The molecule has 0 fully saturated rings. The number of hydrogen-bond donors (Lipinski definition) is 2. The van der Waals surface area contributed by atoms with Crippen molar-refractivity contribution in [1.82, 2.24) is 9.97 Å². The Kier molecular flexibility index (Phi) is 2.82. The lowest BCUT2D eigenvalue weighted by Gasteiger charge is -2.13. The number of imidazole rings is 1. The van der Waals surface area contributed by atoms with Crippen LogP contribution in [-0.4, -0.2) is 9.97 Å². The zero-order chi connectivity index (χ0) is 12.4. The molecule has 3 nitrogen and oxygen atoms in total. The Labute approximate surface area is 106 Å². The first-order valence-electron chi connectivity index (χ1n) is 6.06. The highest BCUT2D eigenvalue weighted by atomic mass is 14.9. The standard InChI is InChI=1S/C15H15N3/c16-14(10-15-17-8-9-18-15)13-7-3-5-11-4-1-2-6-12(11)13/h1-9,14H,10,16H2,(H,17,18). The number of H-pyrrole nitrogens is 1. The number of fused-ring (bicyclic) bond motifs is 1. The first-order valence-corrected chi connectivity index (χ1v) is 6.06. The van der Waals surface area contributed by atoms with Gasteiger partial charge in [0.05, 0.1) is 0 Å². The molecule has 0 saturated heterocycles. The molecule has 1 aromatic heterocycles. The molecule has 3 heteroatoms. The van der Waals surface area contributed by atoms with E-state index in [2.05, 4.69) is 40.3 Å². The SMILES string of the molecule is NC(Cc1ncc[nH]1)c1cccc2ccccc12. The summed E-state index contributed by atoms with van der Waals surface area (Å²) in [5.41, 5.74) is 7.46. The third-order valence-corrected chi connectivity index (χ3v) is 3.19. The van der Waals surface area contributed by atoms with Gasteiger partial charge in [-0.25, -0.2) is 4.98 Å². The summed E-state index contributed by atoms with van der Waals surface area (Å²) in [4.78, 5) is 7.32. The molecule has 0 bridgehead atoms. The zero-order valence-electron chi connectivity index (χ0n) is 10.0. The molecule has 0 spiro atoms. The van der Waals surface area contributed by atoms with Crippen molar-refractivity contribution in [2.45, 2.75) is 12.5 Å². The van der Waals surface area contributed by atoms with Gasteiger partial charge in [0.2, 0.25) is 0 Å². The summed E-state index contributed by atoms with van der Waals surface area (Å²) < 4.78 is 0. The minimum atomic E-state index is -0.0396. The van der Waals surface area contributed by atoms with E-state index in [9.17, 15) is 0 Å². The van der Waals surface area contributed by atoms with Crippen molar-refractivity contribution in [3.63, 3.8) is 0 Å². The van der Waals surface area contributed by atoms with E-state index >= 15 is 0 Å². The number of hydrogen-bond acceptors (Lipinski definition) is 2. The van der Waals surface area contributed by atoms with E-state index in [4.69, 9.17) is 5.73 Å². The Morgan fingerprint density at radius 1 is 1.11 bits per heavy atom. The predicted octanol–water partition coefficient (Wildman–Crippen LogP) is 2.81. The van der Waals surface area contributed by atoms with Gasteiger partial charge in [-0.1, -0.05) is 42.5 Å². The Morgan fingerprint density at radius 3 is 2.78 bits per heavy atom. The maximum atomic E-state index is 6.29. The Morgan fingerprint density at radius 2 is 1.94 bits per heavy atom. The van der Waals surface area contributed by atoms with Crippen LogP contribution in [-0.2, 0) is 6.42 Å². The lowest BCUT2D eigenvalue weighted by molar-refractivity contribution is 0.700. The van der Waals surface area contributed by atoms with E-state index in [0.717, 1.165) is 12.2 Å². The highest BCUT2D eigenvalue weighted by molar-refractivity contribution is 5.86. The summed E-state index contributed by atoms with van der Waals surface area (Å²) in [5, 5.41) is 2.45. The largest absolute Gasteiger partial charge is 0.349 e. The van der Waals surface area contributed by atoms with Crippen molar-refractivity contribution in [2.24, 2.45) is 5.73 Å². The highest BCUT2D eigenvalue weighted by Crippen LogP contribution is 2.24. The number of rotatable bonds is 3. The summed E-state index contributed by atoms with van der Waals surface area (Å²) in [7, 11) is 0. The van der Waals surface area contributed by atoms with Crippen LogP contribution in [0.2, 0.25) is 0 Å². The van der Waals surface area contributed by atoms with E-state index in [1.807, 2.05) is 18.3 Å². The first-order chi connectivity index (χ1) is 8.84. The van der Waals surface area contributed by atoms with Gasteiger partial charge in [0.25, 0.3) is 0 Å². The van der Waals surface area contributed by atoms with Crippen molar-refractivity contribution in [1.29, 1.82) is 0 Å². The van der Waals surface area contributed by atoms with Gasteiger partial charge in [-0.3, -0.25) is 0 Å². The third kappa shape index (κ3) is 2.00. The maximum absolute atomic E-state index is 6.29. The van der Waals surface area contributed by atoms with Crippen LogP contribution >= 0.6 is 0 Å². The van der Waals surface area contributed by atoms with Gasteiger partial charge in [-0.15, -0.1) is 0 Å². The molecular weight excluding hydrogens is 222 g/mol. The maximum Gasteiger partial charge on any atom is 0.107 e. The highest BCUT2D eigenvalue weighted by Gasteiger charge is 2.11. The van der Waals surface area contributed by atoms with Crippen LogP contribution in [0.4, 0.5) is 0 Å². The van der Waals surface area contributed by atoms with Crippen molar-refractivity contribution in [2.75, 3.05) is 0 Å². The molecule has 3 aromatic rings. The van der Waals surface area contributed by atoms with E-state index < -0.39 is 0 Å². The monoisotopic (exact) mass is 237 g/mol.